The summed E-state index contributed by atoms with van der Waals surface area (Å²) >= 11 is 12.0. The standard InChI is InChI=1S/C15H18Cl2/c16-11-14(13-4-2-1-3-5-13)10-12-6-8-15(17)9-7-12/h6-10,13H,1-5,11H2. The van der Waals surface area contributed by atoms with Crippen LogP contribution < -0.4 is 0 Å². The number of hydrogen-bond donors (Lipinski definition) is 0. The minimum Gasteiger partial charge on any atom is -0.122 e. The average Bonchev–Trinajstić information content (AvgIpc) is 2.39. The Balaban J connectivity index is 2.13. The summed E-state index contributed by atoms with van der Waals surface area (Å²) < 4.78 is 0. The van der Waals surface area contributed by atoms with Crippen LogP contribution in [0.5, 0.6) is 0 Å². The van der Waals surface area contributed by atoms with Crippen LogP contribution in [-0.4, -0.2) is 5.88 Å². The molecule has 0 aliphatic heterocycles. The van der Waals surface area contributed by atoms with E-state index >= 15 is 0 Å². The fourth-order valence-corrected chi connectivity index (χ4v) is 2.93. The summed E-state index contributed by atoms with van der Waals surface area (Å²) in [5, 5.41) is 0.784. The van der Waals surface area contributed by atoms with Gasteiger partial charge in [-0.25, -0.2) is 0 Å². The summed E-state index contributed by atoms with van der Waals surface area (Å²) in [6.07, 6.45) is 8.91. The zero-order valence-corrected chi connectivity index (χ0v) is 11.5. The van der Waals surface area contributed by atoms with Crippen molar-refractivity contribution in [2.45, 2.75) is 32.1 Å². The maximum atomic E-state index is 6.09. The van der Waals surface area contributed by atoms with Crippen molar-refractivity contribution in [2.24, 2.45) is 5.92 Å². The lowest BCUT2D eigenvalue weighted by Gasteiger charge is -2.23. The van der Waals surface area contributed by atoms with Crippen molar-refractivity contribution in [3.8, 4) is 0 Å². The molecule has 92 valence electrons. The Morgan fingerprint density at radius 1 is 1.12 bits per heavy atom. The smallest absolute Gasteiger partial charge is 0.0439 e. The first kappa shape index (κ1) is 13.0. The second-order valence-electron chi connectivity index (χ2n) is 4.74. The molecule has 0 radical (unpaired) electrons. The van der Waals surface area contributed by atoms with Crippen molar-refractivity contribution in [3.05, 3.63) is 40.4 Å². The lowest BCUT2D eigenvalue weighted by Crippen LogP contribution is -2.10. The highest BCUT2D eigenvalue weighted by molar-refractivity contribution is 6.30. The number of halogens is 2. The average molecular weight is 269 g/mol. The van der Waals surface area contributed by atoms with Crippen molar-refractivity contribution in [2.75, 3.05) is 5.88 Å². The number of alkyl halides is 1. The maximum Gasteiger partial charge on any atom is 0.0439 e. The Hall–Kier alpha value is -0.460. The van der Waals surface area contributed by atoms with E-state index in [2.05, 4.69) is 18.2 Å². The Morgan fingerprint density at radius 2 is 1.76 bits per heavy atom. The molecule has 0 spiro atoms. The van der Waals surface area contributed by atoms with Gasteiger partial charge in [0, 0.05) is 10.9 Å². The van der Waals surface area contributed by atoms with Crippen molar-refractivity contribution in [1.82, 2.24) is 0 Å². The van der Waals surface area contributed by atoms with Gasteiger partial charge in [-0.1, -0.05) is 54.6 Å². The largest absolute Gasteiger partial charge is 0.122 e. The van der Waals surface area contributed by atoms with Gasteiger partial charge in [-0.3, -0.25) is 0 Å². The molecule has 2 heteroatoms. The van der Waals surface area contributed by atoms with Gasteiger partial charge < -0.3 is 0 Å². The first-order valence-electron chi connectivity index (χ1n) is 6.31. The summed E-state index contributed by atoms with van der Waals surface area (Å²) in [5.74, 6) is 1.34. The van der Waals surface area contributed by atoms with Crippen molar-refractivity contribution < 1.29 is 0 Å². The number of allylic oxidation sites excluding steroid dienone is 1. The second-order valence-corrected chi connectivity index (χ2v) is 5.44. The SMILES string of the molecule is ClCC(=Cc1ccc(Cl)cc1)C1CCCCC1. The van der Waals surface area contributed by atoms with Gasteiger partial charge in [-0.15, -0.1) is 11.6 Å². The van der Waals surface area contributed by atoms with Gasteiger partial charge in [-0.05, 0) is 36.5 Å². The predicted octanol–water partition coefficient (Wildman–Crippen LogP) is 5.54. The van der Waals surface area contributed by atoms with Crippen LogP contribution in [0.3, 0.4) is 0 Å². The van der Waals surface area contributed by atoms with E-state index in [9.17, 15) is 0 Å². The molecule has 0 amide bonds. The first-order chi connectivity index (χ1) is 8.29. The molecule has 0 nitrogen and oxygen atoms in total. The molecule has 1 saturated carbocycles. The predicted molar refractivity (Wildman–Crippen MR) is 76.7 cm³/mol. The molecule has 17 heavy (non-hydrogen) atoms. The normalized spacial score (nSPS) is 18.4. The van der Waals surface area contributed by atoms with Gasteiger partial charge in [-0.2, -0.15) is 0 Å². The van der Waals surface area contributed by atoms with E-state index < -0.39 is 0 Å². The molecule has 0 N–H and O–H groups in total. The molecule has 1 aromatic rings. The Labute approximate surface area is 114 Å². The molecule has 0 atom stereocenters. The molecule has 1 fully saturated rings. The molecule has 0 saturated heterocycles. The zero-order chi connectivity index (χ0) is 12.1. The highest BCUT2D eigenvalue weighted by Gasteiger charge is 2.16. The molecule has 2 rings (SSSR count). The van der Waals surface area contributed by atoms with Crippen LogP contribution in [0.4, 0.5) is 0 Å². The fraction of sp³-hybridized carbons (Fsp3) is 0.467. The van der Waals surface area contributed by atoms with Gasteiger partial charge in [0.05, 0.1) is 0 Å². The van der Waals surface area contributed by atoms with Crippen molar-refractivity contribution in [3.63, 3.8) is 0 Å². The number of rotatable bonds is 3. The Bertz CT molecular complexity index is 372. The van der Waals surface area contributed by atoms with Crippen molar-refractivity contribution >= 4 is 29.3 Å². The Kier molecular flexibility index (Phi) is 4.94. The topological polar surface area (TPSA) is 0 Å². The molecular weight excluding hydrogens is 251 g/mol. The third-order valence-corrected chi connectivity index (χ3v) is 4.07. The summed E-state index contributed by atoms with van der Waals surface area (Å²) in [7, 11) is 0. The van der Waals surface area contributed by atoms with Crippen LogP contribution >= 0.6 is 23.2 Å². The molecule has 1 aromatic carbocycles. The summed E-state index contributed by atoms with van der Waals surface area (Å²) in [5.41, 5.74) is 2.59. The van der Waals surface area contributed by atoms with Gasteiger partial charge in [0.15, 0.2) is 0 Å². The lowest BCUT2D eigenvalue weighted by molar-refractivity contribution is 0.405. The Morgan fingerprint density at radius 3 is 2.35 bits per heavy atom. The molecule has 1 aliphatic rings. The van der Waals surface area contributed by atoms with Gasteiger partial charge in [0.25, 0.3) is 0 Å². The molecule has 0 aromatic heterocycles. The molecule has 0 heterocycles. The van der Waals surface area contributed by atoms with Crippen LogP contribution in [0.1, 0.15) is 37.7 Å². The molecular formula is C15H18Cl2. The molecule has 0 bridgehead atoms. The van der Waals surface area contributed by atoms with E-state index in [0.29, 0.717) is 11.8 Å². The second kappa shape index (κ2) is 6.47. The van der Waals surface area contributed by atoms with E-state index in [1.54, 1.807) is 0 Å². The van der Waals surface area contributed by atoms with E-state index in [1.807, 2.05) is 12.1 Å². The minimum atomic E-state index is 0.646. The van der Waals surface area contributed by atoms with E-state index in [1.165, 1.54) is 43.2 Å². The number of benzene rings is 1. The van der Waals surface area contributed by atoms with Gasteiger partial charge in [0.1, 0.15) is 0 Å². The van der Waals surface area contributed by atoms with Crippen LogP contribution in [0.25, 0.3) is 6.08 Å². The summed E-state index contributed by atoms with van der Waals surface area (Å²) in [6, 6.07) is 7.97. The number of hydrogen-bond acceptors (Lipinski definition) is 0. The zero-order valence-electron chi connectivity index (χ0n) is 9.96. The fourth-order valence-electron chi connectivity index (χ4n) is 2.51. The van der Waals surface area contributed by atoms with Crippen LogP contribution in [0, 0.1) is 5.92 Å². The monoisotopic (exact) mass is 268 g/mol. The molecule has 1 aliphatic carbocycles. The minimum absolute atomic E-state index is 0.646. The van der Waals surface area contributed by atoms with Crippen molar-refractivity contribution in [1.29, 1.82) is 0 Å². The van der Waals surface area contributed by atoms with Crippen LogP contribution in [0.2, 0.25) is 5.02 Å². The maximum absolute atomic E-state index is 6.09. The van der Waals surface area contributed by atoms with E-state index in [4.69, 9.17) is 23.2 Å². The summed E-state index contributed by atoms with van der Waals surface area (Å²) in [6.45, 7) is 0. The van der Waals surface area contributed by atoms with E-state index in [-0.39, 0.29) is 0 Å². The third kappa shape index (κ3) is 3.76. The molecule has 0 unspecified atom stereocenters. The highest BCUT2D eigenvalue weighted by atomic mass is 35.5. The quantitative estimate of drug-likeness (QED) is 0.632. The summed E-state index contributed by atoms with van der Waals surface area (Å²) in [4.78, 5) is 0. The highest BCUT2D eigenvalue weighted by Crippen LogP contribution is 2.31. The van der Waals surface area contributed by atoms with Gasteiger partial charge in [0.2, 0.25) is 0 Å². The lowest BCUT2D eigenvalue weighted by atomic mass is 9.84. The third-order valence-electron chi connectivity index (χ3n) is 3.51. The van der Waals surface area contributed by atoms with E-state index in [0.717, 1.165) is 5.02 Å². The van der Waals surface area contributed by atoms with Gasteiger partial charge >= 0.3 is 0 Å². The first-order valence-corrected chi connectivity index (χ1v) is 7.23. The van der Waals surface area contributed by atoms with Crippen LogP contribution in [0.15, 0.2) is 29.8 Å². The van der Waals surface area contributed by atoms with Crippen LogP contribution in [-0.2, 0) is 0 Å².